The first kappa shape index (κ1) is 24.8. The van der Waals surface area contributed by atoms with Gasteiger partial charge in [-0.1, -0.05) is 23.7 Å². The van der Waals surface area contributed by atoms with Gasteiger partial charge in [-0.2, -0.15) is 18.3 Å². The number of rotatable bonds is 4. The van der Waals surface area contributed by atoms with Crippen molar-refractivity contribution in [1.29, 1.82) is 0 Å². The number of carbonyl (C=O) groups excluding carboxylic acids is 2. The van der Waals surface area contributed by atoms with Crippen molar-refractivity contribution in [3.8, 4) is 0 Å². The predicted octanol–water partition coefficient (Wildman–Crippen LogP) is 4.52. The summed E-state index contributed by atoms with van der Waals surface area (Å²) < 4.78 is 41.9. The Hall–Kier alpha value is -2.86. The molecule has 3 aromatic rings. The summed E-state index contributed by atoms with van der Waals surface area (Å²) in [4.78, 5) is 26.8. The van der Waals surface area contributed by atoms with Crippen LogP contribution in [0.1, 0.15) is 23.1 Å². The molecule has 7 nitrogen and oxygen atoms in total. The zero-order valence-electron chi connectivity index (χ0n) is 18.6. The molecule has 0 bridgehead atoms. The number of aliphatic hydroxyl groups is 1. The van der Waals surface area contributed by atoms with Crippen LogP contribution in [0.15, 0.2) is 47.5 Å². The molecule has 1 unspecified atom stereocenters. The lowest BCUT2D eigenvalue weighted by Gasteiger charge is -2.33. The van der Waals surface area contributed by atoms with E-state index in [-0.39, 0.29) is 22.0 Å². The van der Waals surface area contributed by atoms with E-state index in [1.54, 1.807) is 24.3 Å². The summed E-state index contributed by atoms with van der Waals surface area (Å²) in [7, 11) is 0. The van der Waals surface area contributed by atoms with Crippen molar-refractivity contribution in [2.75, 3.05) is 13.1 Å². The van der Waals surface area contributed by atoms with E-state index in [1.807, 2.05) is 0 Å². The summed E-state index contributed by atoms with van der Waals surface area (Å²) in [5.74, 6) is -0.450. The smallest absolute Gasteiger partial charge is 0.390 e. The topological polar surface area (TPSA) is 87.5 Å². The van der Waals surface area contributed by atoms with Crippen LogP contribution in [0, 0.1) is 0 Å². The van der Waals surface area contributed by atoms with Gasteiger partial charge in [0.25, 0.3) is 11.1 Å². The quantitative estimate of drug-likeness (QED) is 0.477. The van der Waals surface area contributed by atoms with Crippen LogP contribution in [0.3, 0.4) is 0 Å². The van der Waals surface area contributed by atoms with Gasteiger partial charge in [-0.15, -0.1) is 0 Å². The molecule has 2 fully saturated rings. The summed E-state index contributed by atoms with van der Waals surface area (Å²) in [5, 5.41) is 17.7. The molecular weight excluding hydrogens is 517 g/mol. The Morgan fingerprint density at radius 1 is 1.22 bits per heavy atom. The Morgan fingerprint density at radius 3 is 2.78 bits per heavy atom. The van der Waals surface area contributed by atoms with Gasteiger partial charge >= 0.3 is 6.18 Å². The number of fused-ring (bicyclic) bond motifs is 1. The van der Waals surface area contributed by atoms with Crippen molar-refractivity contribution < 1.29 is 27.9 Å². The highest BCUT2D eigenvalue weighted by Gasteiger charge is 2.43. The molecular formula is C24H20ClF3N4O3S. The van der Waals surface area contributed by atoms with Crippen LogP contribution < -0.4 is 5.32 Å². The maximum atomic E-state index is 13.5. The van der Waals surface area contributed by atoms with Crippen LogP contribution in [0.4, 0.5) is 18.0 Å². The molecule has 5 rings (SSSR count). The van der Waals surface area contributed by atoms with Gasteiger partial charge in [-0.05, 0) is 66.2 Å². The second kappa shape index (κ2) is 9.55. The average Bonchev–Trinajstić information content (AvgIpc) is 3.34. The number of halogens is 4. The minimum Gasteiger partial charge on any atom is -0.390 e. The molecule has 2 atom stereocenters. The lowest BCUT2D eigenvalue weighted by atomic mass is 10.0. The maximum Gasteiger partial charge on any atom is 0.416 e. The number of aromatic nitrogens is 2. The van der Waals surface area contributed by atoms with Crippen LogP contribution in [-0.2, 0) is 17.5 Å². The van der Waals surface area contributed by atoms with Crippen molar-refractivity contribution in [3.05, 3.63) is 69.2 Å². The minimum absolute atomic E-state index is 0.000108. The number of amides is 2. The second-order valence-electron chi connectivity index (χ2n) is 8.60. The van der Waals surface area contributed by atoms with Gasteiger partial charge in [0.2, 0.25) is 0 Å². The Morgan fingerprint density at radius 2 is 2.03 bits per heavy atom. The van der Waals surface area contributed by atoms with Crippen molar-refractivity contribution in [2.45, 2.75) is 31.3 Å². The first-order valence-corrected chi connectivity index (χ1v) is 12.3. The highest BCUT2D eigenvalue weighted by Crippen LogP contribution is 2.36. The SMILES string of the molecule is O=C1S/C(=C\c2ccc3c(cnn3Cc3ccc(Cl)cc3C(F)(F)F)c2)C(=O)N1C1CCNC[C@@H]1O. The summed E-state index contributed by atoms with van der Waals surface area (Å²) in [5.41, 5.74) is 0.474. The molecule has 12 heteroatoms. The van der Waals surface area contributed by atoms with Crippen molar-refractivity contribution in [2.24, 2.45) is 0 Å². The first-order chi connectivity index (χ1) is 17.1. The van der Waals surface area contributed by atoms with Gasteiger partial charge in [-0.3, -0.25) is 19.2 Å². The number of imide groups is 1. The Labute approximate surface area is 212 Å². The van der Waals surface area contributed by atoms with E-state index in [2.05, 4.69) is 10.4 Å². The third-order valence-corrected chi connectivity index (χ3v) is 7.35. The van der Waals surface area contributed by atoms with Gasteiger partial charge in [-0.25, -0.2) is 0 Å². The number of aliphatic hydroxyl groups excluding tert-OH is 1. The summed E-state index contributed by atoms with van der Waals surface area (Å²) in [6, 6.07) is 8.24. The Balaban J connectivity index is 1.40. The van der Waals surface area contributed by atoms with Gasteiger partial charge < -0.3 is 10.4 Å². The molecule has 2 aromatic carbocycles. The molecule has 0 aliphatic carbocycles. The van der Waals surface area contributed by atoms with Crippen LogP contribution in [0.25, 0.3) is 17.0 Å². The fourth-order valence-electron chi connectivity index (χ4n) is 4.48. The molecule has 2 aliphatic heterocycles. The van der Waals surface area contributed by atoms with Crippen molar-refractivity contribution in [1.82, 2.24) is 20.0 Å². The van der Waals surface area contributed by atoms with Gasteiger partial charge in [0.15, 0.2) is 0 Å². The average molecular weight is 537 g/mol. The van der Waals surface area contributed by atoms with Crippen molar-refractivity contribution in [3.63, 3.8) is 0 Å². The molecule has 2 saturated heterocycles. The molecule has 2 aliphatic rings. The minimum atomic E-state index is -4.55. The molecule has 3 heterocycles. The zero-order valence-corrected chi connectivity index (χ0v) is 20.2. The predicted molar refractivity (Wildman–Crippen MR) is 130 cm³/mol. The van der Waals surface area contributed by atoms with E-state index < -0.39 is 35.0 Å². The number of nitrogens with one attached hydrogen (secondary N) is 1. The zero-order chi connectivity index (χ0) is 25.6. The summed E-state index contributed by atoms with van der Waals surface area (Å²) >= 11 is 6.59. The van der Waals surface area contributed by atoms with E-state index in [0.717, 1.165) is 22.7 Å². The van der Waals surface area contributed by atoms with Crippen LogP contribution in [0.5, 0.6) is 0 Å². The van der Waals surface area contributed by atoms with E-state index >= 15 is 0 Å². The Bertz CT molecular complexity index is 1390. The lowest BCUT2D eigenvalue weighted by Crippen LogP contribution is -2.54. The standard InChI is InChI=1S/C24H20ClF3N4O3S/c25-16-3-2-14(17(9-16)24(26,27)28)12-31-18-4-1-13(7-15(18)10-30-31)8-21-22(34)32(23(35)36-21)19-5-6-29-11-20(19)33/h1-4,7-10,19-20,29,33H,5-6,11-12H2/b21-8-/t19?,20-/m0/s1. The maximum absolute atomic E-state index is 13.5. The Kier molecular flexibility index (Phi) is 6.58. The molecule has 0 saturated carbocycles. The fourth-order valence-corrected chi connectivity index (χ4v) is 5.54. The molecule has 0 spiro atoms. The number of nitrogens with zero attached hydrogens (tertiary/aromatic N) is 3. The number of piperidine rings is 1. The third kappa shape index (κ3) is 4.75. The fraction of sp³-hybridized carbons (Fsp3) is 0.292. The molecule has 36 heavy (non-hydrogen) atoms. The molecule has 188 valence electrons. The number of thioether (sulfide) groups is 1. The number of β-amino-alcohol motifs (C(OH)–C–C–N with tert-alkyl or cyclic N) is 1. The van der Waals surface area contributed by atoms with Gasteiger partial charge in [0.1, 0.15) is 0 Å². The number of hydrogen-bond donors (Lipinski definition) is 2. The summed E-state index contributed by atoms with van der Waals surface area (Å²) in [6.45, 7) is 0.808. The van der Waals surface area contributed by atoms with E-state index in [9.17, 15) is 27.9 Å². The molecule has 2 N–H and O–H groups in total. The first-order valence-electron chi connectivity index (χ1n) is 11.1. The largest absolute Gasteiger partial charge is 0.416 e. The molecule has 1 aromatic heterocycles. The van der Waals surface area contributed by atoms with E-state index in [4.69, 9.17) is 11.6 Å². The van der Waals surface area contributed by atoms with Gasteiger partial charge in [0.05, 0.1) is 40.9 Å². The number of hydrogen-bond acceptors (Lipinski definition) is 6. The molecule has 2 amide bonds. The number of benzene rings is 2. The summed E-state index contributed by atoms with van der Waals surface area (Å²) in [6.07, 6.45) is -1.78. The number of carbonyl (C=O) groups is 2. The van der Waals surface area contributed by atoms with Crippen LogP contribution >= 0.6 is 23.4 Å². The second-order valence-corrected chi connectivity index (χ2v) is 10.0. The lowest BCUT2D eigenvalue weighted by molar-refractivity contribution is -0.138. The highest BCUT2D eigenvalue weighted by molar-refractivity contribution is 8.18. The normalized spacial score (nSPS) is 22.2. The molecule has 0 radical (unpaired) electrons. The van der Waals surface area contributed by atoms with E-state index in [1.165, 1.54) is 23.0 Å². The van der Waals surface area contributed by atoms with Crippen molar-refractivity contribution >= 4 is 51.5 Å². The third-order valence-electron chi connectivity index (χ3n) is 6.23. The monoisotopic (exact) mass is 536 g/mol. The number of alkyl halides is 3. The highest BCUT2D eigenvalue weighted by atomic mass is 35.5. The van der Waals surface area contributed by atoms with Crippen LogP contribution in [-0.4, -0.2) is 56.2 Å². The van der Waals surface area contributed by atoms with Crippen LogP contribution in [0.2, 0.25) is 5.02 Å². The van der Waals surface area contributed by atoms with Gasteiger partial charge in [0, 0.05) is 17.0 Å². The van der Waals surface area contributed by atoms with E-state index in [0.29, 0.717) is 36.0 Å².